The molecule has 2 aliphatic carbocycles. The van der Waals surface area contributed by atoms with Gasteiger partial charge in [-0.05, 0) is 44.6 Å². The molecule has 0 aliphatic heterocycles. The third-order valence-electron chi connectivity index (χ3n) is 5.70. The van der Waals surface area contributed by atoms with Gasteiger partial charge in [0.25, 0.3) is 11.9 Å². The van der Waals surface area contributed by atoms with Gasteiger partial charge in [-0.3, -0.25) is 4.79 Å². The first kappa shape index (κ1) is 17.3. The fourth-order valence-corrected chi connectivity index (χ4v) is 3.94. The van der Waals surface area contributed by atoms with Crippen LogP contribution in [0.1, 0.15) is 60.5 Å². The second kappa shape index (κ2) is 6.98. The summed E-state index contributed by atoms with van der Waals surface area (Å²) < 4.78 is 1.77. The summed E-state index contributed by atoms with van der Waals surface area (Å²) in [5.41, 5.74) is 2.54. The van der Waals surface area contributed by atoms with Crippen LogP contribution in [0.15, 0.2) is 36.7 Å². The lowest BCUT2D eigenvalue weighted by molar-refractivity contribution is 0.0867. The van der Waals surface area contributed by atoms with Gasteiger partial charge in [-0.15, -0.1) is 0 Å². The van der Waals surface area contributed by atoms with Crippen molar-refractivity contribution in [1.82, 2.24) is 25.1 Å². The molecule has 28 heavy (non-hydrogen) atoms. The molecular formula is C21H23N5O2. The van der Waals surface area contributed by atoms with Crippen LogP contribution in [0.5, 0.6) is 0 Å². The van der Waals surface area contributed by atoms with E-state index in [0.717, 1.165) is 42.3 Å². The number of carbonyl (C=O) groups excluding carboxylic acids is 1. The van der Waals surface area contributed by atoms with Crippen molar-refractivity contribution in [2.24, 2.45) is 0 Å². The molecular weight excluding hydrogens is 354 g/mol. The van der Waals surface area contributed by atoms with Gasteiger partial charge in [0.1, 0.15) is 0 Å². The smallest absolute Gasteiger partial charge is 0.254 e. The summed E-state index contributed by atoms with van der Waals surface area (Å²) in [6, 6.07) is 8.23. The maximum atomic E-state index is 12.5. The van der Waals surface area contributed by atoms with E-state index in [-0.39, 0.29) is 18.1 Å². The van der Waals surface area contributed by atoms with Gasteiger partial charge in [0.05, 0.1) is 22.9 Å². The van der Waals surface area contributed by atoms with E-state index in [4.69, 9.17) is 5.10 Å². The van der Waals surface area contributed by atoms with Crippen molar-refractivity contribution in [2.45, 2.75) is 56.6 Å². The minimum Gasteiger partial charge on any atom is -0.393 e. The number of rotatable bonds is 4. The van der Waals surface area contributed by atoms with Crippen LogP contribution >= 0.6 is 0 Å². The fourth-order valence-electron chi connectivity index (χ4n) is 3.94. The maximum Gasteiger partial charge on any atom is 0.254 e. The monoisotopic (exact) mass is 377 g/mol. The van der Waals surface area contributed by atoms with E-state index < -0.39 is 0 Å². The lowest BCUT2D eigenvalue weighted by Crippen LogP contribution is -2.38. The second-order valence-electron chi connectivity index (χ2n) is 7.84. The van der Waals surface area contributed by atoms with Crippen LogP contribution in [0.4, 0.5) is 0 Å². The Hall–Kier alpha value is -2.80. The molecule has 0 radical (unpaired) electrons. The zero-order valence-corrected chi connectivity index (χ0v) is 15.6. The molecule has 2 aromatic heterocycles. The van der Waals surface area contributed by atoms with Crippen LogP contribution in [-0.4, -0.2) is 42.9 Å². The number of hydrogen-bond donors (Lipinski definition) is 2. The molecule has 2 aliphatic rings. The summed E-state index contributed by atoms with van der Waals surface area (Å²) in [6.07, 6.45) is 8.31. The summed E-state index contributed by atoms with van der Waals surface area (Å²) in [7, 11) is 0. The molecule has 0 atom stereocenters. The first-order chi connectivity index (χ1) is 13.7. The molecule has 1 aromatic carbocycles. The largest absolute Gasteiger partial charge is 0.393 e. The van der Waals surface area contributed by atoms with Crippen molar-refractivity contribution in [3.63, 3.8) is 0 Å². The van der Waals surface area contributed by atoms with Gasteiger partial charge in [0.15, 0.2) is 0 Å². The molecule has 0 saturated heterocycles. The minimum absolute atomic E-state index is 0.103. The highest BCUT2D eigenvalue weighted by Gasteiger charge is 2.29. The molecule has 2 fully saturated rings. The molecule has 5 rings (SSSR count). The number of nitrogens with zero attached hydrogens (tertiary/aromatic N) is 4. The Labute approximate surface area is 162 Å². The second-order valence-corrected chi connectivity index (χ2v) is 7.84. The number of para-hydroxylation sites is 1. The highest BCUT2D eigenvalue weighted by molar-refractivity contribution is 5.93. The first-order valence-electron chi connectivity index (χ1n) is 9.98. The number of amides is 1. The molecule has 7 nitrogen and oxygen atoms in total. The van der Waals surface area contributed by atoms with Crippen molar-refractivity contribution < 1.29 is 9.90 Å². The van der Waals surface area contributed by atoms with E-state index in [1.165, 1.54) is 12.8 Å². The van der Waals surface area contributed by atoms with Crippen molar-refractivity contribution in [3.8, 4) is 5.95 Å². The van der Waals surface area contributed by atoms with Crippen LogP contribution in [0, 0.1) is 0 Å². The quantitative estimate of drug-likeness (QED) is 0.729. The molecule has 3 aromatic rings. The standard InChI is InChI=1S/C21H23N5O2/c27-16-9-7-15(8-10-16)24-20(28)14-11-22-21(23-12-14)26-18-4-2-1-3-17(18)19(25-26)13-5-6-13/h1-4,11-13,15-16,27H,5-10H2,(H,24,28). The summed E-state index contributed by atoms with van der Waals surface area (Å²) in [5.74, 6) is 0.836. The number of benzene rings is 1. The third-order valence-corrected chi connectivity index (χ3v) is 5.70. The van der Waals surface area contributed by atoms with Crippen molar-refractivity contribution in [3.05, 3.63) is 47.9 Å². The van der Waals surface area contributed by atoms with Gasteiger partial charge < -0.3 is 10.4 Å². The van der Waals surface area contributed by atoms with Crippen LogP contribution in [0.3, 0.4) is 0 Å². The number of aliphatic hydroxyl groups excluding tert-OH is 1. The Morgan fingerprint density at radius 3 is 2.46 bits per heavy atom. The molecule has 2 saturated carbocycles. The van der Waals surface area contributed by atoms with E-state index in [1.54, 1.807) is 17.1 Å². The van der Waals surface area contributed by atoms with E-state index >= 15 is 0 Å². The number of nitrogens with one attached hydrogen (secondary N) is 1. The minimum atomic E-state index is -0.236. The Morgan fingerprint density at radius 1 is 1.04 bits per heavy atom. The predicted molar refractivity (Wildman–Crippen MR) is 104 cm³/mol. The summed E-state index contributed by atoms with van der Waals surface area (Å²) in [6.45, 7) is 0. The average molecular weight is 377 g/mol. The SMILES string of the molecule is O=C(NC1CCC(O)CC1)c1cnc(-n2nc(C3CC3)c3ccccc32)nc1. The predicted octanol–water partition coefficient (Wildman–Crippen LogP) is 2.73. The number of hydrogen-bond acceptors (Lipinski definition) is 5. The van der Waals surface area contributed by atoms with E-state index in [1.807, 2.05) is 18.2 Å². The molecule has 2 heterocycles. The summed E-state index contributed by atoms with van der Waals surface area (Å²) in [4.78, 5) is 21.3. The fraction of sp³-hybridized carbons (Fsp3) is 0.429. The Balaban J connectivity index is 1.37. The number of fused-ring (bicyclic) bond motifs is 1. The van der Waals surface area contributed by atoms with Gasteiger partial charge in [-0.25, -0.2) is 9.97 Å². The molecule has 0 unspecified atom stereocenters. The normalized spacial score (nSPS) is 22.3. The zero-order valence-electron chi connectivity index (χ0n) is 15.6. The van der Waals surface area contributed by atoms with E-state index in [0.29, 0.717) is 17.4 Å². The Kier molecular flexibility index (Phi) is 4.31. The first-order valence-corrected chi connectivity index (χ1v) is 9.98. The summed E-state index contributed by atoms with van der Waals surface area (Å²) >= 11 is 0. The van der Waals surface area contributed by atoms with E-state index in [9.17, 15) is 9.90 Å². The molecule has 2 N–H and O–H groups in total. The molecule has 0 spiro atoms. The number of aromatic nitrogens is 4. The van der Waals surface area contributed by atoms with Gasteiger partial charge in [0.2, 0.25) is 0 Å². The zero-order chi connectivity index (χ0) is 19.1. The molecule has 7 heteroatoms. The third kappa shape index (κ3) is 3.26. The molecule has 144 valence electrons. The van der Waals surface area contributed by atoms with Crippen LogP contribution in [0.2, 0.25) is 0 Å². The van der Waals surface area contributed by atoms with Gasteiger partial charge >= 0.3 is 0 Å². The lowest BCUT2D eigenvalue weighted by atomic mass is 9.93. The maximum absolute atomic E-state index is 12.5. The summed E-state index contributed by atoms with van der Waals surface area (Å²) in [5, 5.41) is 18.5. The van der Waals surface area contributed by atoms with Crippen LogP contribution in [-0.2, 0) is 0 Å². The highest BCUT2D eigenvalue weighted by Crippen LogP contribution is 2.42. The number of aliphatic hydroxyl groups is 1. The Morgan fingerprint density at radius 2 is 1.75 bits per heavy atom. The van der Waals surface area contributed by atoms with Crippen molar-refractivity contribution >= 4 is 16.8 Å². The lowest BCUT2D eigenvalue weighted by Gasteiger charge is -2.26. The van der Waals surface area contributed by atoms with Crippen molar-refractivity contribution in [1.29, 1.82) is 0 Å². The van der Waals surface area contributed by atoms with E-state index in [2.05, 4.69) is 21.4 Å². The van der Waals surface area contributed by atoms with Crippen LogP contribution < -0.4 is 5.32 Å². The van der Waals surface area contributed by atoms with Gasteiger partial charge in [-0.1, -0.05) is 18.2 Å². The van der Waals surface area contributed by atoms with Crippen LogP contribution in [0.25, 0.3) is 16.9 Å². The van der Waals surface area contributed by atoms with Gasteiger partial charge in [0, 0.05) is 29.7 Å². The van der Waals surface area contributed by atoms with Crippen molar-refractivity contribution in [2.75, 3.05) is 0 Å². The molecule has 1 amide bonds. The topological polar surface area (TPSA) is 92.9 Å². The highest BCUT2D eigenvalue weighted by atomic mass is 16.3. The molecule has 0 bridgehead atoms. The average Bonchev–Trinajstić information content (AvgIpc) is 3.50. The Bertz CT molecular complexity index is 1000. The van der Waals surface area contributed by atoms with Gasteiger partial charge in [-0.2, -0.15) is 9.78 Å². The number of carbonyl (C=O) groups is 1.